The van der Waals surface area contributed by atoms with Crippen LogP contribution in [-0.4, -0.2) is 24.0 Å². The zero-order valence-electron chi connectivity index (χ0n) is 11.9. The first-order valence-corrected chi connectivity index (χ1v) is 6.81. The maximum Gasteiger partial charge on any atom is 0.407 e. The molecular weight excluding hydrogens is 230 g/mol. The largest absolute Gasteiger partial charge is 0.444 e. The van der Waals surface area contributed by atoms with Crippen molar-refractivity contribution in [2.75, 3.05) is 6.54 Å². The average Bonchev–Trinajstić information content (AvgIpc) is 3.04. The van der Waals surface area contributed by atoms with E-state index in [-0.39, 0.29) is 11.7 Å². The van der Waals surface area contributed by atoms with E-state index < -0.39 is 11.7 Å². The number of hydrogen-bond acceptors (Lipinski definition) is 3. The zero-order chi connectivity index (χ0) is 13.8. The van der Waals surface area contributed by atoms with E-state index in [2.05, 4.69) is 5.32 Å². The van der Waals surface area contributed by atoms with Crippen molar-refractivity contribution in [3.8, 4) is 0 Å². The van der Waals surface area contributed by atoms with Crippen molar-refractivity contribution in [2.45, 2.75) is 59.0 Å². The van der Waals surface area contributed by atoms with E-state index in [1.807, 2.05) is 27.7 Å². The van der Waals surface area contributed by atoms with Gasteiger partial charge in [0.05, 0.1) is 0 Å². The number of carbonyl (C=O) groups is 2. The maximum atomic E-state index is 11.8. The van der Waals surface area contributed by atoms with Crippen LogP contribution >= 0.6 is 0 Å². The van der Waals surface area contributed by atoms with E-state index in [0.29, 0.717) is 18.9 Å². The molecule has 4 heteroatoms. The highest BCUT2D eigenvalue weighted by Crippen LogP contribution is 2.35. The molecule has 0 aliphatic heterocycles. The van der Waals surface area contributed by atoms with Gasteiger partial charge in [0, 0.05) is 18.9 Å². The molecule has 0 bridgehead atoms. The van der Waals surface area contributed by atoms with Crippen LogP contribution < -0.4 is 5.32 Å². The van der Waals surface area contributed by atoms with E-state index >= 15 is 0 Å². The summed E-state index contributed by atoms with van der Waals surface area (Å²) in [5, 5.41) is 2.71. The Balaban J connectivity index is 2.36. The van der Waals surface area contributed by atoms with Gasteiger partial charge in [0.2, 0.25) is 0 Å². The fraction of sp³-hybridized carbons (Fsp3) is 0.857. The van der Waals surface area contributed by atoms with Crippen LogP contribution in [-0.2, 0) is 9.53 Å². The molecule has 1 aliphatic rings. The Morgan fingerprint density at radius 2 is 1.94 bits per heavy atom. The van der Waals surface area contributed by atoms with Crippen LogP contribution in [0.1, 0.15) is 53.4 Å². The molecule has 0 heterocycles. The van der Waals surface area contributed by atoms with Crippen LogP contribution in [0.25, 0.3) is 0 Å². The van der Waals surface area contributed by atoms with Crippen molar-refractivity contribution in [1.82, 2.24) is 5.32 Å². The summed E-state index contributed by atoms with van der Waals surface area (Å²) in [4.78, 5) is 23.3. The first kappa shape index (κ1) is 15.0. The van der Waals surface area contributed by atoms with Gasteiger partial charge in [-0.25, -0.2) is 4.79 Å². The van der Waals surface area contributed by atoms with Crippen molar-refractivity contribution in [3.05, 3.63) is 0 Å². The van der Waals surface area contributed by atoms with Gasteiger partial charge in [-0.15, -0.1) is 0 Å². The van der Waals surface area contributed by atoms with Crippen molar-refractivity contribution in [2.24, 2.45) is 11.8 Å². The Morgan fingerprint density at radius 3 is 2.39 bits per heavy atom. The highest BCUT2D eigenvalue weighted by molar-refractivity contribution is 5.81. The van der Waals surface area contributed by atoms with Gasteiger partial charge < -0.3 is 10.1 Å². The molecule has 0 radical (unpaired) electrons. The minimum absolute atomic E-state index is 0.0463. The Morgan fingerprint density at radius 1 is 1.33 bits per heavy atom. The highest BCUT2D eigenvalue weighted by Gasteiger charge is 2.29. The molecule has 1 rings (SSSR count). The van der Waals surface area contributed by atoms with Crippen molar-refractivity contribution >= 4 is 11.9 Å². The Hall–Kier alpha value is -1.06. The lowest BCUT2D eigenvalue weighted by Gasteiger charge is -2.21. The summed E-state index contributed by atoms with van der Waals surface area (Å²) in [6.07, 6.45) is 3.45. The van der Waals surface area contributed by atoms with E-state index in [9.17, 15) is 9.59 Å². The van der Waals surface area contributed by atoms with Crippen LogP contribution in [0, 0.1) is 11.8 Å². The smallest absolute Gasteiger partial charge is 0.407 e. The summed E-state index contributed by atoms with van der Waals surface area (Å²) >= 11 is 0. The third-order valence-electron chi connectivity index (χ3n) is 3.01. The van der Waals surface area contributed by atoms with Crippen LogP contribution in [0.2, 0.25) is 0 Å². The van der Waals surface area contributed by atoms with Crippen LogP contribution in [0.3, 0.4) is 0 Å². The molecule has 1 saturated carbocycles. The third-order valence-corrected chi connectivity index (χ3v) is 3.01. The molecule has 0 aromatic heterocycles. The number of hydrogen-bond donors (Lipinski definition) is 1. The first-order chi connectivity index (χ1) is 8.31. The second kappa shape index (κ2) is 6.21. The van der Waals surface area contributed by atoms with Crippen LogP contribution in [0.4, 0.5) is 4.79 Å². The Labute approximate surface area is 109 Å². The molecular formula is C14H25NO3. The number of ether oxygens (including phenoxy) is 1. The molecule has 1 fully saturated rings. The van der Waals surface area contributed by atoms with Gasteiger partial charge in [-0.2, -0.15) is 0 Å². The van der Waals surface area contributed by atoms with Crippen LogP contribution in [0.15, 0.2) is 0 Å². The fourth-order valence-electron chi connectivity index (χ4n) is 1.89. The molecule has 1 unspecified atom stereocenters. The molecule has 1 atom stereocenters. The molecule has 0 saturated heterocycles. The quantitative estimate of drug-likeness (QED) is 0.794. The molecule has 18 heavy (non-hydrogen) atoms. The molecule has 1 amide bonds. The summed E-state index contributed by atoms with van der Waals surface area (Å²) in [5.74, 6) is 0.874. The summed E-state index contributed by atoms with van der Waals surface area (Å²) in [6, 6.07) is 0. The zero-order valence-corrected chi connectivity index (χ0v) is 11.9. The lowest BCUT2D eigenvalue weighted by atomic mass is 9.96. The predicted octanol–water partition coefficient (Wildman–Crippen LogP) is 2.91. The second-order valence-corrected chi connectivity index (χ2v) is 6.08. The summed E-state index contributed by atoms with van der Waals surface area (Å²) < 4.78 is 5.16. The molecule has 104 valence electrons. The molecule has 4 nitrogen and oxygen atoms in total. The standard InChI is InChI=1S/C14H25NO3/c1-5-12(16)11(8-10-6-7-10)9-15-13(17)18-14(2,3)4/h10-11H,5-9H2,1-4H3,(H,15,17). The van der Waals surface area contributed by atoms with Gasteiger partial charge in [-0.1, -0.05) is 19.8 Å². The number of alkyl carbamates (subject to hydrolysis) is 1. The number of rotatable bonds is 6. The molecule has 1 N–H and O–H groups in total. The van der Waals surface area contributed by atoms with E-state index in [4.69, 9.17) is 4.74 Å². The maximum absolute atomic E-state index is 11.8. The number of Topliss-reactive ketones (excluding diaryl/α,β-unsaturated/α-hetero) is 1. The SMILES string of the molecule is CCC(=O)C(CNC(=O)OC(C)(C)C)CC1CC1. The molecule has 0 spiro atoms. The minimum Gasteiger partial charge on any atom is -0.444 e. The molecule has 1 aliphatic carbocycles. The van der Waals surface area contributed by atoms with Gasteiger partial charge >= 0.3 is 6.09 Å². The van der Waals surface area contributed by atoms with Crippen molar-refractivity contribution in [3.63, 3.8) is 0 Å². The van der Waals surface area contributed by atoms with Crippen molar-refractivity contribution in [1.29, 1.82) is 0 Å². The lowest BCUT2D eigenvalue weighted by Crippen LogP contribution is -2.37. The van der Waals surface area contributed by atoms with E-state index in [0.717, 1.165) is 6.42 Å². The first-order valence-electron chi connectivity index (χ1n) is 6.81. The second-order valence-electron chi connectivity index (χ2n) is 6.08. The average molecular weight is 255 g/mol. The fourth-order valence-corrected chi connectivity index (χ4v) is 1.89. The number of ketones is 1. The normalized spacial score (nSPS) is 17.1. The third kappa shape index (κ3) is 6.03. The van der Waals surface area contributed by atoms with Gasteiger partial charge in [0.25, 0.3) is 0 Å². The lowest BCUT2D eigenvalue weighted by molar-refractivity contribution is -0.122. The van der Waals surface area contributed by atoms with Crippen molar-refractivity contribution < 1.29 is 14.3 Å². The van der Waals surface area contributed by atoms with E-state index in [1.54, 1.807) is 0 Å². The number of carbonyl (C=O) groups excluding carboxylic acids is 2. The number of amides is 1. The number of nitrogens with one attached hydrogen (secondary N) is 1. The van der Waals surface area contributed by atoms with Gasteiger partial charge in [-0.3, -0.25) is 4.79 Å². The van der Waals surface area contributed by atoms with E-state index in [1.165, 1.54) is 12.8 Å². The van der Waals surface area contributed by atoms with Gasteiger partial charge in [0.15, 0.2) is 0 Å². The molecule has 0 aromatic rings. The monoisotopic (exact) mass is 255 g/mol. The Kier molecular flexibility index (Phi) is 5.17. The summed E-state index contributed by atoms with van der Waals surface area (Å²) in [6.45, 7) is 7.75. The highest BCUT2D eigenvalue weighted by atomic mass is 16.6. The van der Waals surface area contributed by atoms with Crippen LogP contribution in [0.5, 0.6) is 0 Å². The Bertz CT molecular complexity index is 303. The minimum atomic E-state index is -0.495. The summed E-state index contributed by atoms with van der Waals surface area (Å²) in [5.41, 5.74) is -0.495. The topological polar surface area (TPSA) is 55.4 Å². The van der Waals surface area contributed by atoms with Gasteiger partial charge in [-0.05, 0) is 33.1 Å². The van der Waals surface area contributed by atoms with Gasteiger partial charge in [0.1, 0.15) is 11.4 Å². The predicted molar refractivity (Wildman–Crippen MR) is 70.4 cm³/mol. The molecule has 0 aromatic carbocycles. The summed E-state index contributed by atoms with van der Waals surface area (Å²) in [7, 11) is 0.